The standard InChI is InChI=1S/C18H23N5O3/c1-25-15-9-12-6-8-22(11-13(12)10-16(15)26-2)18(24)14-5-3-4-7-23-17(14)19-20-21-23/h9-10,14H,3-8,11H2,1-2H3/t14-/m0/s1. The Kier molecular flexibility index (Phi) is 4.48. The van der Waals surface area contributed by atoms with Crippen molar-refractivity contribution >= 4 is 5.91 Å². The zero-order valence-electron chi connectivity index (χ0n) is 15.1. The predicted molar refractivity (Wildman–Crippen MR) is 93.1 cm³/mol. The van der Waals surface area contributed by atoms with Gasteiger partial charge in [0.2, 0.25) is 5.91 Å². The van der Waals surface area contributed by atoms with Crippen LogP contribution in [0.15, 0.2) is 12.1 Å². The molecule has 0 spiro atoms. The fourth-order valence-electron chi connectivity index (χ4n) is 3.89. The Morgan fingerprint density at radius 2 is 1.88 bits per heavy atom. The Labute approximate surface area is 152 Å². The molecule has 138 valence electrons. The number of nitrogens with zero attached hydrogens (tertiary/aromatic N) is 5. The van der Waals surface area contributed by atoms with Crippen molar-refractivity contribution in [2.45, 2.75) is 44.7 Å². The minimum absolute atomic E-state index is 0.114. The lowest BCUT2D eigenvalue weighted by Gasteiger charge is -2.31. The van der Waals surface area contributed by atoms with Crippen molar-refractivity contribution in [2.75, 3.05) is 20.8 Å². The maximum atomic E-state index is 13.2. The molecule has 0 N–H and O–H groups in total. The molecule has 8 nitrogen and oxygen atoms in total. The van der Waals surface area contributed by atoms with E-state index < -0.39 is 0 Å². The van der Waals surface area contributed by atoms with Crippen molar-refractivity contribution in [3.63, 3.8) is 0 Å². The van der Waals surface area contributed by atoms with Gasteiger partial charge in [0.15, 0.2) is 17.3 Å². The van der Waals surface area contributed by atoms with Crippen molar-refractivity contribution in [3.8, 4) is 11.5 Å². The number of hydrogen-bond donors (Lipinski definition) is 0. The van der Waals surface area contributed by atoms with Crippen LogP contribution in [0.3, 0.4) is 0 Å². The molecule has 1 aromatic carbocycles. The second kappa shape index (κ2) is 6.93. The van der Waals surface area contributed by atoms with E-state index in [0.717, 1.165) is 43.5 Å². The van der Waals surface area contributed by atoms with Crippen LogP contribution in [-0.4, -0.2) is 51.8 Å². The average molecular weight is 357 g/mol. The summed E-state index contributed by atoms with van der Waals surface area (Å²) in [6.07, 6.45) is 3.60. The minimum atomic E-state index is -0.255. The van der Waals surface area contributed by atoms with Gasteiger partial charge in [0, 0.05) is 19.6 Å². The summed E-state index contributed by atoms with van der Waals surface area (Å²) in [7, 11) is 3.26. The van der Waals surface area contributed by atoms with Gasteiger partial charge in [0.05, 0.1) is 20.1 Å². The van der Waals surface area contributed by atoms with Crippen LogP contribution in [0, 0.1) is 0 Å². The fraction of sp³-hybridized carbons (Fsp3) is 0.556. The van der Waals surface area contributed by atoms with E-state index in [0.29, 0.717) is 24.7 Å². The predicted octanol–water partition coefficient (Wildman–Crippen LogP) is 1.54. The molecule has 0 bridgehead atoms. The minimum Gasteiger partial charge on any atom is -0.493 e. The van der Waals surface area contributed by atoms with E-state index in [1.165, 1.54) is 5.56 Å². The molecule has 2 aromatic rings. The highest BCUT2D eigenvalue weighted by Crippen LogP contribution is 2.34. The first kappa shape index (κ1) is 16.8. The molecule has 8 heteroatoms. The number of hydrogen-bond acceptors (Lipinski definition) is 6. The van der Waals surface area contributed by atoms with Gasteiger partial charge in [-0.15, -0.1) is 5.10 Å². The fourth-order valence-corrected chi connectivity index (χ4v) is 3.89. The highest BCUT2D eigenvalue weighted by molar-refractivity contribution is 5.83. The van der Waals surface area contributed by atoms with Crippen molar-refractivity contribution in [3.05, 3.63) is 29.1 Å². The van der Waals surface area contributed by atoms with E-state index in [1.54, 1.807) is 18.9 Å². The van der Waals surface area contributed by atoms with Crippen molar-refractivity contribution < 1.29 is 14.3 Å². The van der Waals surface area contributed by atoms with Crippen LogP contribution < -0.4 is 9.47 Å². The molecule has 1 amide bonds. The molecule has 1 aromatic heterocycles. The van der Waals surface area contributed by atoms with Crippen LogP contribution in [0.4, 0.5) is 0 Å². The molecule has 26 heavy (non-hydrogen) atoms. The van der Waals surface area contributed by atoms with Crippen molar-refractivity contribution in [1.29, 1.82) is 0 Å². The van der Waals surface area contributed by atoms with Gasteiger partial charge >= 0.3 is 0 Å². The van der Waals surface area contributed by atoms with Crippen LogP contribution in [0.5, 0.6) is 11.5 Å². The Hall–Kier alpha value is -2.64. The van der Waals surface area contributed by atoms with E-state index in [1.807, 2.05) is 17.0 Å². The number of benzene rings is 1. The number of carbonyl (C=O) groups is 1. The van der Waals surface area contributed by atoms with Gasteiger partial charge in [-0.3, -0.25) is 4.79 Å². The molecular weight excluding hydrogens is 334 g/mol. The number of ether oxygens (including phenoxy) is 2. The van der Waals surface area contributed by atoms with Gasteiger partial charge < -0.3 is 14.4 Å². The van der Waals surface area contributed by atoms with E-state index in [9.17, 15) is 4.79 Å². The zero-order valence-corrected chi connectivity index (χ0v) is 15.1. The van der Waals surface area contributed by atoms with Crippen LogP contribution in [-0.2, 0) is 24.3 Å². The molecule has 4 rings (SSSR count). The van der Waals surface area contributed by atoms with E-state index >= 15 is 0 Å². The Bertz CT molecular complexity index is 819. The summed E-state index contributed by atoms with van der Waals surface area (Å²) >= 11 is 0. The smallest absolute Gasteiger partial charge is 0.233 e. The molecule has 0 saturated carbocycles. The maximum Gasteiger partial charge on any atom is 0.233 e. The van der Waals surface area contributed by atoms with Crippen LogP contribution in [0.2, 0.25) is 0 Å². The Morgan fingerprint density at radius 3 is 2.65 bits per heavy atom. The van der Waals surface area contributed by atoms with Crippen LogP contribution in [0.25, 0.3) is 0 Å². The van der Waals surface area contributed by atoms with Crippen LogP contribution >= 0.6 is 0 Å². The van der Waals surface area contributed by atoms with Crippen molar-refractivity contribution in [2.24, 2.45) is 0 Å². The van der Waals surface area contributed by atoms with Gasteiger partial charge in [-0.05, 0) is 52.9 Å². The number of fused-ring (bicyclic) bond motifs is 2. The number of aromatic nitrogens is 4. The Balaban J connectivity index is 1.58. The van der Waals surface area contributed by atoms with Gasteiger partial charge in [0.1, 0.15) is 0 Å². The Morgan fingerprint density at radius 1 is 1.12 bits per heavy atom. The molecular formula is C18H23N5O3. The quantitative estimate of drug-likeness (QED) is 0.829. The SMILES string of the molecule is COc1cc2c(cc1OC)CN(C(=O)[C@H]1CCCCn3nnnc31)CC2. The maximum absolute atomic E-state index is 13.2. The lowest BCUT2D eigenvalue weighted by atomic mass is 9.95. The molecule has 0 radical (unpaired) electrons. The molecule has 0 fully saturated rings. The lowest BCUT2D eigenvalue weighted by Crippen LogP contribution is -2.39. The summed E-state index contributed by atoms with van der Waals surface area (Å²) in [5.41, 5.74) is 2.31. The molecule has 1 atom stereocenters. The normalized spacial score (nSPS) is 19.3. The van der Waals surface area contributed by atoms with E-state index in [-0.39, 0.29) is 11.8 Å². The molecule has 0 unspecified atom stereocenters. The third kappa shape index (κ3) is 2.89. The second-order valence-electron chi connectivity index (χ2n) is 6.79. The number of carbonyl (C=O) groups excluding carboxylic acids is 1. The summed E-state index contributed by atoms with van der Waals surface area (Å²) in [5, 5.41) is 11.9. The average Bonchev–Trinajstić information content (AvgIpc) is 3.05. The van der Waals surface area contributed by atoms with Gasteiger partial charge in [-0.2, -0.15) is 0 Å². The first-order chi connectivity index (χ1) is 12.7. The largest absolute Gasteiger partial charge is 0.493 e. The summed E-state index contributed by atoms with van der Waals surface area (Å²) in [6.45, 7) is 2.05. The number of tetrazole rings is 1. The highest BCUT2D eigenvalue weighted by Gasteiger charge is 2.33. The topological polar surface area (TPSA) is 82.4 Å². The molecule has 2 aliphatic rings. The highest BCUT2D eigenvalue weighted by atomic mass is 16.5. The summed E-state index contributed by atoms with van der Waals surface area (Å²) < 4.78 is 12.6. The monoisotopic (exact) mass is 357 g/mol. The van der Waals surface area contributed by atoms with Crippen molar-refractivity contribution in [1.82, 2.24) is 25.1 Å². The zero-order chi connectivity index (χ0) is 18.1. The number of methoxy groups -OCH3 is 2. The first-order valence-electron chi connectivity index (χ1n) is 9.00. The number of rotatable bonds is 3. The van der Waals surface area contributed by atoms with Crippen LogP contribution in [0.1, 0.15) is 42.1 Å². The third-order valence-corrected chi connectivity index (χ3v) is 5.31. The molecule has 0 aliphatic carbocycles. The van der Waals surface area contributed by atoms with Gasteiger partial charge in [-0.25, -0.2) is 4.68 Å². The van der Waals surface area contributed by atoms with E-state index in [2.05, 4.69) is 15.5 Å². The van der Waals surface area contributed by atoms with Gasteiger partial charge in [0.25, 0.3) is 0 Å². The number of aryl methyl sites for hydroxylation is 1. The number of amides is 1. The molecule has 3 heterocycles. The van der Waals surface area contributed by atoms with E-state index in [4.69, 9.17) is 9.47 Å². The van der Waals surface area contributed by atoms with Gasteiger partial charge in [-0.1, -0.05) is 6.42 Å². The lowest BCUT2D eigenvalue weighted by molar-refractivity contribution is -0.134. The summed E-state index contributed by atoms with van der Waals surface area (Å²) in [5.74, 6) is 1.98. The second-order valence-corrected chi connectivity index (χ2v) is 6.79. The molecule has 0 saturated heterocycles. The summed E-state index contributed by atoms with van der Waals surface area (Å²) in [4.78, 5) is 15.1. The first-order valence-corrected chi connectivity index (χ1v) is 9.00. The molecule has 2 aliphatic heterocycles. The third-order valence-electron chi connectivity index (χ3n) is 5.31. The summed E-state index contributed by atoms with van der Waals surface area (Å²) in [6, 6.07) is 3.99.